The quantitative estimate of drug-likeness (QED) is 0.404. The van der Waals surface area contributed by atoms with Crippen molar-refractivity contribution in [1.82, 2.24) is 10.2 Å². The Morgan fingerprint density at radius 1 is 1.06 bits per heavy atom. The summed E-state index contributed by atoms with van der Waals surface area (Å²) in [6.07, 6.45) is 7.32. The first kappa shape index (κ1) is 22.5. The maximum Gasteiger partial charge on any atom is 0.193 e. The molecule has 2 aliphatic rings. The van der Waals surface area contributed by atoms with Gasteiger partial charge in [-0.25, -0.2) is 0 Å². The number of carbonyl (C=O) groups excluding carboxylic acids is 1. The molecule has 1 unspecified atom stereocenters. The summed E-state index contributed by atoms with van der Waals surface area (Å²) in [6, 6.07) is 17.3. The minimum Gasteiger partial charge on any atom is -0.490 e. The topological polar surface area (TPSA) is 41.6 Å². The van der Waals surface area contributed by atoms with E-state index in [0.29, 0.717) is 16.8 Å². The highest BCUT2D eigenvalue weighted by atomic mass is 32.1. The van der Waals surface area contributed by atoms with Crippen LogP contribution in [0.4, 0.5) is 0 Å². The molecule has 2 aromatic carbocycles. The normalized spacial score (nSPS) is 19.6. The molecule has 1 aliphatic heterocycles. The molecule has 4 nitrogen and oxygen atoms in total. The summed E-state index contributed by atoms with van der Waals surface area (Å²) in [5, 5.41) is 4.11. The Kier molecular flexibility index (Phi) is 7.26. The Morgan fingerprint density at radius 3 is 2.41 bits per heavy atom. The van der Waals surface area contributed by atoms with Gasteiger partial charge in [-0.2, -0.15) is 0 Å². The number of benzene rings is 2. The van der Waals surface area contributed by atoms with Crippen molar-refractivity contribution >= 4 is 23.1 Å². The van der Waals surface area contributed by atoms with Crippen LogP contribution in [0.25, 0.3) is 0 Å². The Bertz CT molecular complexity index is 978. The first-order valence-electron chi connectivity index (χ1n) is 11.7. The van der Waals surface area contributed by atoms with Crippen molar-refractivity contribution in [2.45, 2.75) is 64.5 Å². The van der Waals surface area contributed by atoms with Crippen LogP contribution in [-0.4, -0.2) is 28.4 Å². The van der Waals surface area contributed by atoms with Gasteiger partial charge in [-0.1, -0.05) is 55.8 Å². The van der Waals surface area contributed by atoms with Crippen molar-refractivity contribution in [2.75, 3.05) is 6.54 Å². The average Bonchev–Trinajstić information content (AvgIpc) is 2.83. The smallest absolute Gasteiger partial charge is 0.193 e. The summed E-state index contributed by atoms with van der Waals surface area (Å²) in [6.45, 7) is 4.91. The van der Waals surface area contributed by atoms with Crippen molar-refractivity contribution in [3.63, 3.8) is 0 Å². The molecule has 2 aromatic rings. The van der Waals surface area contributed by atoms with Gasteiger partial charge in [0.25, 0.3) is 0 Å². The number of nitrogens with zero attached hydrogens (tertiary/aromatic N) is 1. The van der Waals surface area contributed by atoms with Gasteiger partial charge in [0.2, 0.25) is 0 Å². The molecule has 1 saturated carbocycles. The molecule has 1 N–H and O–H groups in total. The third kappa shape index (κ3) is 4.88. The van der Waals surface area contributed by atoms with Gasteiger partial charge in [-0.15, -0.1) is 0 Å². The van der Waals surface area contributed by atoms with Gasteiger partial charge in [-0.05, 0) is 68.9 Å². The molecule has 1 heterocycles. The van der Waals surface area contributed by atoms with Crippen molar-refractivity contribution in [3.8, 4) is 5.75 Å². The van der Waals surface area contributed by atoms with Crippen LogP contribution in [-0.2, 0) is 0 Å². The molecule has 0 radical (unpaired) electrons. The summed E-state index contributed by atoms with van der Waals surface area (Å²) >= 11 is 5.68. The zero-order chi connectivity index (χ0) is 22.5. The number of thiocarbonyl (C=S) groups is 1. The number of Topliss-reactive ketones (excluding diaryl/α,β-unsaturated/α-hetero) is 1. The highest BCUT2D eigenvalue weighted by Gasteiger charge is 2.34. The van der Waals surface area contributed by atoms with E-state index in [0.717, 1.165) is 48.4 Å². The number of rotatable bonds is 7. The number of ketones is 1. The summed E-state index contributed by atoms with van der Waals surface area (Å²) < 4.78 is 6.20. The minimum atomic E-state index is -0.285. The van der Waals surface area contributed by atoms with Crippen molar-refractivity contribution in [2.24, 2.45) is 0 Å². The number of hydrogen-bond acceptors (Lipinski definition) is 3. The summed E-state index contributed by atoms with van der Waals surface area (Å²) in [5.41, 5.74) is 3.38. The van der Waals surface area contributed by atoms with Crippen molar-refractivity contribution < 1.29 is 9.53 Å². The van der Waals surface area contributed by atoms with Crippen LogP contribution in [0.5, 0.6) is 5.75 Å². The van der Waals surface area contributed by atoms with E-state index < -0.39 is 0 Å². The molecule has 1 fully saturated rings. The predicted molar refractivity (Wildman–Crippen MR) is 133 cm³/mol. The molecule has 0 spiro atoms. The molecule has 32 heavy (non-hydrogen) atoms. The molecule has 1 atom stereocenters. The first-order valence-corrected chi connectivity index (χ1v) is 12.1. The van der Waals surface area contributed by atoms with Crippen LogP contribution in [0, 0.1) is 0 Å². The van der Waals surface area contributed by atoms with Gasteiger partial charge in [0.15, 0.2) is 10.9 Å². The highest BCUT2D eigenvalue weighted by molar-refractivity contribution is 7.80. The maximum absolute atomic E-state index is 13.6. The molecule has 168 valence electrons. The molecule has 0 amide bonds. The van der Waals surface area contributed by atoms with E-state index in [4.69, 9.17) is 17.0 Å². The fraction of sp³-hybridized carbons (Fsp3) is 0.407. The molecule has 0 bridgehead atoms. The lowest BCUT2D eigenvalue weighted by Crippen LogP contribution is -2.47. The van der Waals surface area contributed by atoms with Crippen LogP contribution in [0.2, 0.25) is 0 Å². The second kappa shape index (κ2) is 10.3. The third-order valence-electron chi connectivity index (χ3n) is 6.39. The molecular weight excluding hydrogens is 416 g/mol. The van der Waals surface area contributed by atoms with E-state index in [-0.39, 0.29) is 11.8 Å². The zero-order valence-electron chi connectivity index (χ0n) is 19.0. The Hall–Kier alpha value is -2.66. The number of ether oxygens (including phenoxy) is 1. The maximum atomic E-state index is 13.6. The molecule has 0 aromatic heterocycles. The van der Waals surface area contributed by atoms with E-state index in [1.165, 1.54) is 19.3 Å². The Labute approximate surface area is 196 Å². The summed E-state index contributed by atoms with van der Waals surface area (Å²) in [5.74, 6) is 0.926. The van der Waals surface area contributed by atoms with Crippen molar-refractivity contribution in [3.05, 3.63) is 77.0 Å². The van der Waals surface area contributed by atoms with Gasteiger partial charge in [0.1, 0.15) is 5.75 Å². The number of carbonyl (C=O) groups is 1. The lowest BCUT2D eigenvalue weighted by atomic mass is 9.89. The van der Waals surface area contributed by atoms with Crippen LogP contribution in [0.1, 0.15) is 74.3 Å². The lowest BCUT2D eigenvalue weighted by Gasteiger charge is -2.38. The average molecular weight is 449 g/mol. The van der Waals surface area contributed by atoms with Gasteiger partial charge >= 0.3 is 0 Å². The second-order valence-corrected chi connectivity index (χ2v) is 9.06. The molecule has 5 heteroatoms. The lowest BCUT2D eigenvalue weighted by molar-refractivity contribution is 0.102. The largest absolute Gasteiger partial charge is 0.490 e. The van der Waals surface area contributed by atoms with Gasteiger partial charge in [0, 0.05) is 23.4 Å². The Morgan fingerprint density at radius 2 is 1.75 bits per heavy atom. The van der Waals surface area contributed by atoms with Gasteiger partial charge < -0.3 is 15.0 Å². The van der Waals surface area contributed by atoms with Gasteiger partial charge in [-0.3, -0.25) is 4.79 Å². The third-order valence-corrected chi connectivity index (χ3v) is 6.73. The standard InChI is InChI=1S/C27H32N2O2S/c1-3-18-29-19(2)24(26(30)21-10-6-4-7-11-21)25(28-27(29)32)20-14-16-23(17-15-20)31-22-12-8-5-9-13-22/h4,6-7,10-11,14-17,22,25H,3,5,8-9,12-13,18H2,1-2H3,(H,28,32). The van der Waals surface area contributed by atoms with E-state index in [1.807, 2.05) is 54.3 Å². The molecular formula is C27H32N2O2S. The molecule has 1 aliphatic carbocycles. The molecule has 4 rings (SSSR count). The minimum absolute atomic E-state index is 0.0340. The van der Waals surface area contributed by atoms with E-state index in [9.17, 15) is 4.79 Å². The zero-order valence-corrected chi connectivity index (χ0v) is 19.8. The number of nitrogens with one attached hydrogen (secondary N) is 1. The summed E-state index contributed by atoms with van der Waals surface area (Å²) in [7, 11) is 0. The second-order valence-electron chi connectivity index (χ2n) is 8.68. The van der Waals surface area contributed by atoms with Crippen LogP contribution < -0.4 is 10.1 Å². The van der Waals surface area contributed by atoms with Gasteiger partial charge in [0.05, 0.1) is 12.1 Å². The van der Waals surface area contributed by atoms with E-state index in [1.54, 1.807) is 0 Å². The van der Waals surface area contributed by atoms with Crippen LogP contribution in [0.3, 0.4) is 0 Å². The summed E-state index contributed by atoms with van der Waals surface area (Å²) in [4.78, 5) is 15.6. The fourth-order valence-electron chi connectivity index (χ4n) is 4.68. The molecule has 0 saturated heterocycles. The first-order chi connectivity index (χ1) is 15.6. The Balaban J connectivity index is 1.64. The predicted octanol–water partition coefficient (Wildman–Crippen LogP) is 6.20. The van der Waals surface area contributed by atoms with E-state index in [2.05, 4.69) is 24.4 Å². The number of hydrogen-bond donors (Lipinski definition) is 1. The monoisotopic (exact) mass is 448 g/mol. The van der Waals surface area contributed by atoms with Crippen LogP contribution in [0.15, 0.2) is 65.9 Å². The van der Waals surface area contributed by atoms with Crippen molar-refractivity contribution in [1.29, 1.82) is 0 Å². The fourth-order valence-corrected chi connectivity index (χ4v) is 5.02. The SMILES string of the molecule is CCCN1C(=S)NC(c2ccc(OC3CCCCC3)cc2)C(C(=O)c2ccccc2)=C1C. The van der Waals surface area contributed by atoms with E-state index >= 15 is 0 Å². The number of allylic oxidation sites excluding steroid dienone is 1. The highest BCUT2D eigenvalue weighted by Crippen LogP contribution is 2.34. The van der Waals surface area contributed by atoms with Crippen LogP contribution >= 0.6 is 12.2 Å².